The molecule has 1 N–H and O–H groups in total. The molecule has 122 valence electrons. The molecule has 3 aromatic rings. The van der Waals surface area contributed by atoms with E-state index in [2.05, 4.69) is 15.3 Å². The number of carbonyl (C=O) groups excluding carboxylic acids is 2. The summed E-state index contributed by atoms with van der Waals surface area (Å²) in [6, 6.07) is 10.8. The van der Waals surface area contributed by atoms with Crippen LogP contribution in [0.3, 0.4) is 0 Å². The molecule has 0 fully saturated rings. The summed E-state index contributed by atoms with van der Waals surface area (Å²) in [7, 11) is 1.34. The molecular formula is C17H16N4O3. The van der Waals surface area contributed by atoms with Gasteiger partial charge in [-0.25, -0.2) is 4.98 Å². The smallest absolute Gasteiger partial charge is 0.325 e. The zero-order valence-corrected chi connectivity index (χ0v) is 13.1. The van der Waals surface area contributed by atoms with Gasteiger partial charge in [0, 0.05) is 12.4 Å². The van der Waals surface area contributed by atoms with Gasteiger partial charge in [0.05, 0.1) is 30.3 Å². The molecule has 2 aromatic heterocycles. The van der Waals surface area contributed by atoms with Gasteiger partial charge in [-0.3, -0.25) is 14.6 Å². The first-order valence-electron chi connectivity index (χ1n) is 7.38. The zero-order chi connectivity index (χ0) is 16.9. The van der Waals surface area contributed by atoms with Crippen LogP contribution in [0.1, 0.15) is 16.2 Å². The average molecular weight is 324 g/mol. The molecule has 0 atom stereocenters. The molecule has 3 rings (SSSR count). The summed E-state index contributed by atoms with van der Waals surface area (Å²) in [5, 5.41) is 2.79. The van der Waals surface area contributed by atoms with E-state index in [0.29, 0.717) is 11.4 Å². The summed E-state index contributed by atoms with van der Waals surface area (Å²) in [6.45, 7) is 0.231. The average Bonchev–Trinajstić information content (AvgIpc) is 2.98. The Labute approximate surface area is 138 Å². The van der Waals surface area contributed by atoms with Crippen LogP contribution in [0, 0.1) is 0 Å². The topological polar surface area (TPSA) is 86.1 Å². The maximum atomic E-state index is 12.1. The number of rotatable bonds is 5. The molecule has 24 heavy (non-hydrogen) atoms. The van der Waals surface area contributed by atoms with Gasteiger partial charge in [0.15, 0.2) is 0 Å². The van der Waals surface area contributed by atoms with Crippen molar-refractivity contribution in [2.45, 2.75) is 13.1 Å². The van der Waals surface area contributed by atoms with E-state index in [1.807, 2.05) is 24.3 Å². The number of hydrogen-bond acceptors (Lipinski definition) is 5. The number of benzene rings is 1. The summed E-state index contributed by atoms with van der Waals surface area (Å²) in [6.07, 6.45) is 3.10. The number of carbonyl (C=O) groups is 2. The van der Waals surface area contributed by atoms with Gasteiger partial charge >= 0.3 is 5.97 Å². The minimum Gasteiger partial charge on any atom is -0.468 e. The van der Waals surface area contributed by atoms with E-state index in [1.54, 1.807) is 22.9 Å². The van der Waals surface area contributed by atoms with Crippen LogP contribution in [0.25, 0.3) is 11.0 Å². The number of nitrogens with zero attached hydrogens (tertiary/aromatic N) is 3. The highest BCUT2D eigenvalue weighted by atomic mass is 16.5. The minimum atomic E-state index is -0.377. The van der Waals surface area contributed by atoms with Crippen molar-refractivity contribution in [1.29, 1.82) is 0 Å². The Bertz CT molecular complexity index is 874. The number of amides is 1. The molecule has 0 aliphatic rings. The second-order valence-corrected chi connectivity index (χ2v) is 5.10. The van der Waals surface area contributed by atoms with Crippen LogP contribution >= 0.6 is 0 Å². The van der Waals surface area contributed by atoms with E-state index < -0.39 is 0 Å². The fourth-order valence-corrected chi connectivity index (χ4v) is 2.39. The number of fused-ring (bicyclic) bond motifs is 1. The summed E-state index contributed by atoms with van der Waals surface area (Å²) >= 11 is 0. The summed E-state index contributed by atoms with van der Waals surface area (Å²) in [5.41, 5.74) is 2.04. The lowest BCUT2D eigenvalue weighted by Gasteiger charge is -2.09. The second kappa shape index (κ2) is 6.91. The second-order valence-electron chi connectivity index (χ2n) is 5.10. The van der Waals surface area contributed by atoms with Crippen LogP contribution in [0.4, 0.5) is 0 Å². The van der Waals surface area contributed by atoms with E-state index in [1.165, 1.54) is 13.3 Å². The molecule has 0 saturated heterocycles. The normalized spacial score (nSPS) is 10.5. The molecule has 0 spiro atoms. The van der Waals surface area contributed by atoms with E-state index >= 15 is 0 Å². The Hall–Kier alpha value is -3.22. The van der Waals surface area contributed by atoms with Gasteiger partial charge in [0.25, 0.3) is 5.91 Å². The molecule has 0 aliphatic heterocycles. The number of hydrogen-bond donors (Lipinski definition) is 1. The zero-order valence-electron chi connectivity index (χ0n) is 13.1. The fourth-order valence-electron chi connectivity index (χ4n) is 2.39. The lowest BCUT2D eigenvalue weighted by Crippen LogP contribution is -2.25. The summed E-state index contributed by atoms with van der Waals surface area (Å²) in [4.78, 5) is 32.2. The molecule has 0 radical (unpaired) electrons. The monoisotopic (exact) mass is 324 g/mol. The third-order valence-corrected chi connectivity index (χ3v) is 3.58. The largest absolute Gasteiger partial charge is 0.468 e. The van der Waals surface area contributed by atoms with Gasteiger partial charge < -0.3 is 14.6 Å². The number of nitrogens with one attached hydrogen (secondary N) is 1. The van der Waals surface area contributed by atoms with Crippen LogP contribution in [0.2, 0.25) is 0 Å². The molecule has 2 heterocycles. The van der Waals surface area contributed by atoms with Gasteiger partial charge in [0.1, 0.15) is 12.4 Å². The van der Waals surface area contributed by atoms with Crippen LogP contribution in [0.5, 0.6) is 0 Å². The maximum Gasteiger partial charge on any atom is 0.325 e. The highest BCUT2D eigenvalue weighted by Gasteiger charge is 2.15. The Morgan fingerprint density at radius 3 is 2.79 bits per heavy atom. The van der Waals surface area contributed by atoms with Crippen molar-refractivity contribution < 1.29 is 14.3 Å². The predicted octanol–water partition coefficient (Wildman–Crippen LogP) is 1.53. The van der Waals surface area contributed by atoms with Crippen LogP contribution < -0.4 is 5.32 Å². The molecule has 1 aromatic carbocycles. The third-order valence-electron chi connectivity index (χ3n) is 3.58. The molecule has 0 unspecified atom stereocenters. The van der Waals surface area contributed by atoms with E-state index in [9.17, 15) is 9.59 Å². The minimum absolute atomic E-state index is 0.0368. The highest BCUT2D eigenvalue weighted by molar-refractivity contribution is 5.93. The van der Waals surface area contributed by atoms with Crippen molar-refractivity contribution in [3.8, 4) is 0 Å². The van der Waals surface area contributed by atoms with Gasteiger partial charge in [-0.15, -0.1) is 0 Å². The Kier molecular flexibility index (Phi) is 4.51. The number of ether oxygens (including phenoxy) is 1. The standard InChI is InChI=1S/C17H16N4O3/c1-24-16(22)11-21-14-7-3-2-6-13(14)20-15(21)10-19-17(23)12-5-4-8-18-9-12/h2-9H,10-11H2,1H3,(H,19,23). The number of imidazole rings is 1. The highest BCUT2D eigenvalue weighted by Crippen LogP contribution is 2.16. The first-order chi connectivity index (χ1) is 11.7. The lowest BCUT2D eigenvalue weighted by atomic mass is 10.3. The molecule has 7 nitrogen and oxygen atoms in total. The molecular weight excluding hydrogens is 308 g/mol. The molecule has 0 bridgehead atoms. The quantitative estimate of drug-likeness (QED) is 0.719. The maximum absolute atomic E-state index is 12.1. The van der Waals surface area contributed by atoms with Crippen molar-refractivity contribution in [2.24, 2.45) is 0 Å². The van der Waals surface area contributed by atoms with Gasteiger partial charge in [-0.2, -0.15) is 0 Å². The van der Waals surface area contributed by atoms with Crippen molar-refractivity contribution in [3.63, 3.8) is 0 Å². The first-order valence-corrected chi connectivity index (χ1v) is 7.38. The van der Waals surface area contributed by atoms with E-state index in [-0.39, 0.29) is 25.0 Å². The predicted molar refractivity (Wildman–Crippen MR) is 87.2 cm³/mol. The summed E-state index contributed by atoms with van der Waals surface area (Å²) < 4.78 is 6.48. The van der Waals surface area contributed by atoms with Crippen molar-refractivity contribution >= 4 is 22.9 Å². The summed E-state index contributed by atoms with van der Waals surface area (Å²) in [5.74, 6) is -0.0448. The lowest BCUT2D eigenvalue weighted by molar-refractivity contribution is -0.141. The Morgan fingerprint density at radius 2 is 2.04 bits per heavy atom. The van der Waals surface area contributed by atoms with Crippen LogP contribution in [-0.4, -0.2) is 33.5 Å². The number of pyridine rings is 1. The van der Waals surface area contributed by atoms with Crippen molar-refractivity contribution in [2.75, 3.05) is 7.11 Å². The molecule has 7 heteroatoms. The van der Waals surface area contributed by atoms with Gasteiger partial charge in [0.2, 0.25) is 0 Å². The van der Waals surface area contributed by atoms with E-state index in [0.717, 1.165) is 11.0 Å². The Morgan fingerprint density at radius 1 is 1.21 bits per heavy atom. The van der Waals surface area contributed by atoms with Crippen molar-refractivity contribution in [3.05, 3.63) is 60.2 Å². The van der Waals surface area contributed by atoms with E-state index in [4.69, 9.17) is 4.74 Å². The van der Waals surface area contributed by atoms with Crippen LogP contribution in [-0.2, 0) is 22.6 Å². The van der Waals surface area contributed by atoms with Gasteiger partial charge in [-0.1, -0.05) is 12.1 Å². The molecule has 1 amide bonds. The van der Waals surface area contributed by atoms with Gasteiger partial charge in [-0.05, 0) is 24.3 Å². The first kappa shape index (κ1) is 15.7. The molecule has 0 saturated carbocycles. The Balaban J connectivity index is 1.84. The number of para-hydroxylation sites is 2. The van der Waals surface area contributed by atoms with Crippen molar-refractivity contribution in [1.82, 2.24) is 19.9 Å². The fraction of sp³-hybridized carbons (Fsp3) is 0.176. The molecule has 0 aliphatic carbocycles. The SMILES string of the molecule is COC(=O)Cn1c(CNC(=O)c2cccnc2)nc2ccccc21. The van der Waals surface area contributed by atoms with Crippen LogP contribution in [0.15, 0.2) is 48.8 Å². The number of esters is 1. The number of methoxy groups -OCH3 is 1. The third kappa shape index (κ3) is 3.24. The number of aromatic nitrogens is 3.